The zero-order valence-corrected chi connectivity index (χ0v) is 8.64. The van der Waals surface area contributed by atoms with E-state index in [-0.39, 0.29) is 22.9 Å². The molecule has 0 bridgehead atoms. The second kappa shape index (κ2) is 2.96. The summed E-state index contributed by atoms with van der Waals surface area (Å²) in [6.45, 7) is 8.06. The fourth-order valence-electron chi connectivity index (χ4n) is 2.27. The number of hydrogen-bond donors (Lipinski definition) is 3. The lowest BCUT2D eigenvalue weighted by atomic mass is 9.86. The van der Waals surface area contributed by atoms with Crippen LogP contribution in [-0.4, -0.2) is 22.2 Å². The van der Waals surface area contributed by atoms with Crippen molar-refractivity contribution in [1.82, 2.24) is 10.8 Å². The molecular formula is C9H18N2O2. The first-order valence-corrected chi connectivity index (χ1v) is 4.52. The predicted molar refractivity (Wildman–Crippen MR) is 49.3 cm³/mol. The highest BCUT2D eigenvalue weighted by Crippen LogP contribution is 2.35. The Balaban J connectivity index is 2.82. The van der Waals surface area contributed by atoms with Crippen LogP contribution in [0.2, 0.25) is 0 Å². The van der Waals surface area contributed by atoms with E-state index in [4.69, 9.17) is 5.21 Å². The Morgan fingerprint density at radius 3 is 2.31 bits per heavy atom. The van der Waals surface area contributed by atoms with E-state index in [0.717, 1.165) is 6.42 Å². The topological polar surface area (TPSA) is 61.4 Å². The lowest BCUT2D eigenvalue weighted by Crippen LogP contribution is -2.48. The molecule has 1 fully saturated rings. The first-order valence-electron chi connectivity index (χ1n) is 4.52. The third kappa shape index (κ3) is 2.00. The van der Waals surface area contributed by atoms with Gasteiger partial charge >= 0.3 is 0 Å². The van der Waals surface area contributed by atoms with Gasteiger partial charge in [0.15, 0.2) is 0 Å². The number of amides is 1. The zero-order valence-electron chi connectivity index (χ0n) is 8.64. The minimum atomic E-state index is -0.303. The first kappa shape index (κ1) is 10.5. The lowest BCUT2D eigenvalue weighted by molar-refractivity contribution is -0.134. The van der Waals surface area contributed by atoms with Gasteiger partial charge in [-0.25, -0.2) is 5.48 Å². The monoisotopic (exact) mass is 186 g/mol. The Kier molecular flexibility index (Phi) is 2.38. The molecule has 1 saturated heterocycles. The highest BCUT2D eigenvalue weighted by Gasteiger charge is 2.47. The number of hydroxylamine groups is 1. The third-order valence-electron chi connectivity index (χ3n) is 2.67. The summed E-state index contributed by atoms with van der Waals surface area (Å²) >= 11 is 0. The van der Waals surface area contributed by atoms with E-state index >= 15 is 0 Å². The molecule has 1 aliphatic heterocycles. The van der Waals surface area contributed by atoms with Gasteiger partial charge in [-0.15, -0.1) is 0 Å². The highest BCUT2D eigenvalue weighted by molar-refractivity contribution is 5.79. The highest BCUT2D eigenvalue weighted by atomic mass is 16.5. The molecule has 76 valence electrons. The Bertz CT molecular complexity index is 224. The van der Waals surface area contributed by atoms with Crippen molar-refractivity contribution in [3.63, 3.8) is 0 Å². The minimum absolute atomic E-state index is 0.0410. The van der Waals surface area contributed by atoms with Crippen molar-refractivity contribution >= 4 is 5.91 Å². The summed E-state index contributed by atoms with van der Waals surface area (Å²) < 4.78 is 0. The molecule has 0 aromatic heterocycles. The Hall–Kier alpha value is -0.610. The van der Waals surface area contributed by atoms with E-state index < -0.39 is 0 Å². The number of nitrogens with one attached hydrogen (secondary N) is 2. The Morgan fingerprint density at radius 2 is 2.00 bits per heavy atom. The average molecular weight is 186 g/mol. The van der Waals surface area contributed by atoms with Gasteiger partial charge in [0.25, 0.3) is 0 Å². The van der Waals surface area contributed by atoms with Crippen LogP contribution in [0.3, 0.4) is 0 Å². The molecule has 4 heteroatoms. The van der Waals surface area contributed by atoms with Crippen molar-refractivity contribution in [2.24, 2.45) is 5.92 Å². The van der Waals surface area contributed by atoms with Gasteiger partial charge in [0.05, 0.1) is 5.92 Å². The summed E-state index contributed by atoms with van der Waals surface area (Å²) in [4.78, 5) is 11.3. The molecule has 1 atom stereocenters. The standard InChI is InChI=1S/C9H18N2O2/c1-8(2)5-6(7(12)10-13)9(3,4)11-8/h6,11,13H,5H2,1-4H3,(H,10,12). The van der Waals surface area contributed by atoms with Crippen molar-refractivity contribution < 1.29 is 10.0 Å². The largest absolute Gasteiger partial charge is 0.306 e. The van der Waals surface area contributed by atoms with Crippen LogP contribution in [0.5, 0.6) is 0 Å². The molecular weight excluding hydrogens is 168 g/mol. The molecule has 0 aromatic carbocycles. The number of rotatable bonds is 1. The molecule has 0 spiro atoms. The molecule has 1 aliphatic rings. The summed E-state index contributed by atoms with van der Waals surface area (Å²) in [6.07, 6.45) is 0.742. The summed E-state index contributed by atoms with van der Waals surface area (Å²) in [5.41, 5.74) is 1.43. The van der Waals surface area contributed by atoms with Crippen molar-refractivity contribution in [1.29, 1.82) is 0 Å². The second-order valence-corrected chi connectivity index (χ2v) is 4.96. The minimum Gasteiger partial charge on any atom is -0.306 e. The molecule has 4 nitrogen and oxygen atoms in total. The van der Waals surface area contributed by atoms with Gasteiger partial charge in [-0.1, -0.05) is 0 Å². The molecule has 1 unspecified atom stereocenters. The van der Waals surface area contributed by atoms with E-state index in [1.54, 1.807) is 5.48 Å². The summed E-state index contributed by atoms with van der Waals surface area (Å²) in [5.74, 6) is -0.476. The van der Waals surface area contributed by atoms with Crippen LogP contribution in [0.15, 0.2) is 0 Å². The van der Waals surface area contributed by atoms with Gasteiger partial charge in [-0.3, -0.25) is 10.0 Å². The van der Waals surface area contributed by atoms with Gasteiger partial charge in [-0.05, 0) is 34.1 Å². The Labute approximate surface area is 78.7 Å². The number of carbonyl (C=O) groups is 1. The molecule has 3 N–H and O–H groups in total. The molecule has 1 heterocycles. The summed E-state index contributed by atoms with van der Waals surface area (Å²) in [6, 6.07) is 0. The summed E-state index contributed by atoms with van der Waals surface area (Å²) in [7, 11) is 0. The third-order valence-corrected chi connectivity index (χ3v) is 2.67. The zero-order chi connectivity index (χ0) is 10.3. The molecule has 13 heavy (non-hydrogen) atoms. The molecule has 0 aromatic rings. The second-order valence-electron chi connectivity index (χ2n) is 4.96. The SMILES string of the molecule is CC1(C)CC(C(=O)NO)C(C)(C)N1. The van der Waals surface area contributed by atoms with E-state index in [1.165, 1.54) is 0 Å². The quantitative estimate of drug-likeness (QED) is 0.416. The van der Waals surface area contributed by atoms with Crippen LogP contribution in [0.4, 0.5) is 0 Å². The molecule has 0 radical (unpaired) electrons. The van der Waals surface area contributed by atoms with Crippen LogP contribution in [0.25, 0.3) is 0 Å². The molecule has 1 amide bonds. The molecule has 0 saturated carbocycles. The average Bonchev–Trinajstić information content (AvgIpc) is 2.17. The van der Waals surface area contributed by atoms with E-state index in [1.807, 2.05) is 13.8 Å². The van der Waals surface area contributed by atoms with Crippen LogP contribution in [0.1, 0.15) is 34.1 Å². The van der Waals surface area contributed by atoms with Crippen LogP contribution in [-0.2, 0) is 4.79 Å². The maximum Gasteiger partial charge on any atom is 0.248 e. The van der Waals surface area contributed by atoms with Crippen LogP contribution in [0, 0.1) is 5.92 Å². The van der Waals surface area contributed by atoms with Crippen molar-refractivity contribution in [3.05, 3.63) is 0 Å². The van der Waals surface area contributed by atoms with Gasteiger partial charge < -0.3 is 5.32 Å². The predicted octanol–water partition coefficient (Wildman–Crippen LogP) is 0.658. The normalized spacial score (nSPS) is 30.1. The van der Waals surface area contributed by atoms with Crippen LogP contribution < -0.4 is 10.8 Å². The fraction of sp³-hybridized carbons (Fsp3) is 0.889. The summed E-state index contributed by atoms with van der Waals surface area (Å²) in [5, 5.41) is 11.9. The van der Waals surface area contributed by atoms with Gasteiger partial charge in [-0.2, -0.15) is 0 Å². The van der Waals surface area contributed by atoms with E-state index in [0.29, 0.717) is 0 Å². The van der Waals surface area contributed by atoms with E-state index in [9.17, 15) is 4.79 Å². The van der Waals surface area contributed by atoms with Crippen molar-refractivity contribution in [2.75, 3.05) is 0 Å². The maximum atomic E-state index is 11.3. The van der Waals surface area contributed by atoms with Crippen molar-refractivity contribution in [3.8, 4) is 0 Å². The Morgan fingerprint density at radius 1 is 1.46 bits per heavy atom. The first-order chi connectivity index (χ1) is 5.78. The van der Waals surface area contributed by atoms with Gasteiger partial charge in [0.1, 0.15) is 0 Å². The number of carbonyl (C=O) groups excluding carboxylic acids is 1. The molecule has 0 aliphatic carbocycles. The lowest BCUT2D eigenvalue weighted by Gasteiger charge is -2.27. The van der Waals surface area contributed by atoms with Gasteiger partial charge in [0.2, 0.25) is 5.91 Å². The van der Waals surface area contributed by atoms with Gasteiger partial charge in [0, 0.05) is 11.1 Å². The smallest absolute Gasteiger partial charge is 0.248 e. The number of hydrogen-bond acceptors (Lipinski definition) is 3. The molecule has 1 rings (SSSR count). The van der Waals surface area contributed by atoms with E-state index in [2.05, 4.69) is 19.2 Å². The fourth-order valence-corrected chi connectivity index (χ4v) is 2.27. The maximum absolute atomic E-state index is 11.3. The van der Waals surface area contributed by atoms with Crippen LogP contribution >= 0.6 is 0 Å². The van der Waals surface area contributed by atoms with Crippen molar-refractivity contribution in [2.45, 2.75) is 45.2 Å².